The van der Waals surface area contributed by atoms with Crippen LogP contribution < -0.4 is 0 Å². The van der Waals surface area contributed by atoms with Crippen molar-refractivity contribution in [3.05, 3.63) is 0 Å². The zero-order valence-corrected chi connectivity index (χ0v) is 21.3. The Hall–Kier alpha value is -0.610. The second-order valence-electron chi connectivity index (χ2n) is 13.3. The molecular weight excluding hydrogens is 412 g/mol. The average Bonchev–Trinajstić information content (AvgIpc) is 3.15. The fraction of sp³-hybridized carbons (Fsp3) is 0.966. The first-order chi connectivity index (χ1) is 15.7. The van der Waals surface area contributed by atoms with Gasteiger partial charge in [-0.25, -0.2) is 0 Å². The molecule has 5 aliphatic rings. The molecule has 3 unspecified atom stereocenters. The SMILES string of the molecule is C[C@H](CCC(=O)O)[C@H]1CC[C@H]2[C@@H]3CCC4C[C@H](O)CC(C5CCCCO5)[C@]4(C)[C@H]3CC[C@]12C. The van der Waals surface area contributed by atoms with Crippen LogP contribution in [0.3, 0.4) is 0 Å². The highest BCUT2D eigenvalue weighted by Crippen LogP contribution is 2.69. The molecule has 0 aromatic carbocycles. The minimum Gasteiger partial charge on any atom is -0.481 e. The van der Waals surface area contributed by atoms with Crippen molar-refractivity contribution < 1.29 is 19.7 Å². The highest BCUT2D eigenvalue weighted by Gasteiger charge is 2.63. The predicted octanol–water partition coefficient (Wildman–Crippen LogP) is 6.30. The molecule has 0 aromatic heterocycles. The minimum atomic E-state index is -0.646. The maximum absolute atomic E-state index is 11.2. The summed E-state index contributed by atoms with van der Waals surface area (Å²) in [6.45, 7) is 8.42. The van der Waals surface area contributed by atoms with Crippen molar-refractivity contribution in [3.63, 3.8) is 0 Å². The van der Waals surface area contributed by atoms with Gasteiger partial charge in [-0.1, -0.05) is 20.8 Å². The molecule has 4 aliphatic carbocycles. The van der Waals surface area contributed by atoms with Crippen molar-refractivity contribution >= 4 is 5.97 Å². The van der Waals surface area contributed by atoms with E-state index in [0.717, 1.165) is 43.6 Å². The second-order valence-corrected chi connectivity index (χ2v) is 13.3. The summed E-state index contributed by atoms with van der Waals surface area (Å²) in [5.41, 5.74) is 0.686. The van der Waals surface area contributed by atoms with Crippen LogP contribution in [-0.2, 0) is 9.53 Å². The summed E-state index contributed by atoms with van der Waals surface area (Å²) in [5.74, 6) is 4.07. The van der Waals surface area contributed by atoms with Crippen LogP contribution in [0, 0.1) is 52.3 Å². The molecule has 1 saturated heterocycles. The van der Waals surface area contributed by atoms with Crippen LogP contribution in [0.25, 0.3) is 0 Å². The van der Waals surface area contributed by atoms with Crippen LogP contribution in [-0.4, -0.2) is 35.0 Å². The first kappa shape index (κ1) is 24.1. The molecule has 5 rings (SSSR count). The summed E-state index contributed by atoms with van der Waals surface area (Å²) in [5, 5.41) is 20.1. The van der Waals surface area contributed by atoms with Gasteiger partial charge in [0, 0.05) is 13.0 Å². The number of aliphatic hydroxyl groups is 1. The number of rotatable bonds is 5. The Morgan fingerprint density at radius 2 is 1.82 bits per heavy atom. The fourth-order valence-electron chi connectivity index (χ4n) is 10.6. The van der Waals surface area contributed by atoms with Gasteiger partial charge in [-0.05, 0) is 129 Å². The Labute approximate surface area is 201 Å². The molecule has 0 amide bonds. The van der Waals surface area contributed by atoms with Crippen LogP contribution in [0.4, 0.5) is 0 Å². The van der Waals surface area contributed by atoms with E-state index in [4.69, 9.17) is 4.74 Å². The zero-order valence-electron chi connectivity index (χ0n) is 21.3. The van der Waals surface area contributed by atoms with Crippen LogP contribution in [0.2, 0.25) is 0 Å². The number of aliphatic carboxylic acids is 1. The van der Waals surface area contributed by atoms with Crippen LogP contribution in [0.1, 0.15) is 104 Å². The molecule has 0 bridgehead atoms. The van der Waals surface area contributed by atoms with E-state index in [9.17, 15) is 15.0 Å². The fourth-order valence-corrected chi connectivity index (χ4v) is 10.6. The number of hydrogen-bond acceptors (Lipinski definition) is 3. The van der Waals surface area contributed by atoms with Crippen LogP contribution >= 0.6 is 0 Å². The molecule has 2 N–H and O–H groups in total. The minimum absolute atomic E-state index is 0.144. The van der Waals surface area contributed by atoms with Crippen LogP contribution in [0.15, 0.2) is 0 Å². The Bertz CT molecular complexity index is 716. The van der Waals surface area contributed by atoms with Gasteiger partial charge < -0.3 is 14.9 Å². The number of carboxylic acids is 1. The largest absolute Gasteiger partial charge is 0.481 e. The lowest BCUT2D eigenvalue weighted by molar-refractivity contribution is -0.192. The number of carbonyl (C=O) groups is 1. The lowest BCUT2D eigenvalue weighted by atomic mass is 9.41. The molecule has 5 fully saturated rings. The zero-order chi connectivity index (χ0) is 23.4. The molecule has 188 valence electrons. The van der Waals surface area contributed by atoms with Gasteiger partial charge in [0.1, 0.15) is 0 Å². The number of hydrogen-bond donors (Lipinski definition) is 2. The summed E-state index contributed by atoms with van der Waals surface area (Å²) in [6.07, 6.45) is 14.8. The summed E-state index contributed by atoms with van der Waals surface area (Å²) < 4.78 is 6.40. The molecule has 11 atom stereocenters. The lowest BCUT2D eigenvalue weighted by Crippen LogP contribution is -2.60. The quantitative estimate of drug-likeness (QED) is 0.505. The lowest BCUT2D eigenvalue weighted by Gasteiger charge is -2.64. The van der Waals surface area contributed by atoms with Gasteiger partial charge in [-0.2, -0.15) is 0 Å². The van der Waals surface area contributed by atoms with Crippen molar-refractivity contribution in [1.82, 2.24) is 0 Å². The molecule has 0 spiro atoms. The molecule has 33 heavy (non-hydrogen) atoms. The first-order valence-corrected chi connectivity index (χ1v) is 14.3. The summed E-state index contributed by atoms with van der Waals surface area (Å²) in [7, 11) is 0. The Morgan fingerprint density at radius 1 is 1.00 bits per heavy atom. The number of ether oxygens (including phenoxy) is 1. The molecule has 0 radical (unpaired) electrons. The van der Waals surface area contributed by atoms with Gasteiger partial charge in [-0.3, -0.25) is 4.79 Å². The summed E-state index contributed by atoms with van der Waals surface area (Å²) in [4.78, 5) is 11.2. The normalized spacial score (nSPS) is 50.7. The third-order valence-electron chi connectivity index (χ3n) is 12.1. The number of fused-ring (bicyclic) bond motifs is 5. The third-order valence-corrected chi connectivity index (χ3v) is 12.1. The standard InChI is InChI=1S/C29H48O4/c1-18(7-12-27(31)32)22-10-11-23-21-9-8-19-16-20(30)17-25(26-6-4-5-15-33-26)29(19,3)24(21)13-14-28(22,23)2/h18-26,30H,4-17H2,1-3H3,(H,31,32)/t18-,19?,20+,21+,22-,23+,24+,25?,26?,28-,29+/m1/s1. The van der Waals surface area contributed by atoms with Crippen molar-refractivity contribution in [1.29, 1.82) is 0 Å². The Kier molecular flexibility index (Phi) is 6.66. The van der Waals surface area contributed by atoms with E-state index in [-0.39, 0.29) is 6.10 Å². The van der Waals surface area contributed by atoms with Gasteiger partial charge in [0.2, 0.25) is 0 Å². The van der Waals surface area contributed by atoms with E-state index in [1.165, 1.54) is 57.8 Å². The van der Waals surface area contributed by atoms with E-state index in [1.54, 1.807) is 0 Å². The third kappa shape index (κ3) is 3.99. The maximum atomic E-state index is 11.2. The highest BCUT2D eigenvalue weighted by molar-refractivity contribution is 5.66. The average molecular weight is 461 g/mol. The van der Waals surface area contributed by atoms with E-state index >= 15 is 0 Å². The Balaban J connectivity index is 1.39. The first-order valence-electron chi connectivity index (χ1n) is 14.3. The summed E-state index contributed by atoms with van der Waals surface area (Å²) in [6, 6.07) is 0. The highest BCUT2D eigenvalue weighted by atomic mass is 16.5. The molecule has 4 heteroatoms. The molecule has 0 aromatic rings. The van der Waals surface area contributed by atoms with Gasteiger partial charge in [0.15, 0.2) is 0 Å². The topological polar surface area (TPSA) is 66.8 Å². The van der Waals surface area contributed by atoms with Crippen molar-refractivity contribution in [3.8, 4) is 0 Å². The van der Waals surface area contributed by atoms with Gasteiger partial charge in [-0.15, -0.1) is 0 Å². The molecule has 4 nitrogen and oxygen atoms in total. The van der Waals surface area contributed by atoms with E-state index < -0.39 is 5.97 Å². The van der Waals surface area contributed by atoms with Crippen LogP contribution in [0.5, 0.6) is 0 Å². The molecule has 1 heterocycles. The molecular formula is C29H48O4. The van der Waals surface area contributed by atoms with Crippen molar-refractivity contribution in [2.75, 3.05) is 6.61 Å². The smallest absolute Gasteiger partial charge is 0.303 e. The maximum Gasteiger partial charge on any atom is 0.303 e. The van der Waals surface area contributed by atoms with Gasteiger partial charge >= 0.3 is 5.97 Å². The predicted molar refractivity (Wildman–Crippen MR) is 130 cm³/mol. The number of carboxylic acid groups (broad SMARTS) is 1. The van der Waals surface area contributed by atoms with E-state index in [0.29, 0.717) is 47.0 Å². The second kappa shape index (κ2) is 9.12. The summed E-state index contributed by atoms with van der Waals surface area (Å²) >= 11 is 0. The van der Waals surface area contributed by atoms with E-state index in [2.05, 4.69) is 20.8 Å². The van der Waals surface area contributed by atoms with Gasteiger partial charge in [0.25, 0.3) is 0 Å². The van der Waals surface area contributed by atoms with Crippen molar-refractivity contribution in [2.24, 2.45) is 52.3 Å². The monoisotopic (exact) mass is 460 g/mol. The Morgan fingerprint density at radius 3 is 2.55 bits per heavy atom. The molecule has 4 saturated carbocycles. The molecule has 1 aliphatic heterocycles. The number of aliphatic hydroxyl groups excluding tert-OH is 1. The van der Waals surface area contributed by atoms with Gasteiger partial charge in [0.05, 0.1) is 12.2 Å². The van der Waals surface area contributed by atoms with Crippen molar-refractivity contribution in [2.45, 2.75) is 116 Å². The van der Waals surface area contributed by atoms with E-state index in [1.807, 2.05) is 0 Å².